The van der Waals surface area contributed by atoms with Gasteiger partial charge in [0.1, 0.15) is 10.7 Å². The molecule has 1 heterocycles. The fourth-order valence-electron chi connectivity index (χ4n) is 5.06. The van der Waals surface area contributed by atoms with Crippen LogP contribution >= 0.6 is 23.1 Å². The largest absolute Gasteiger partial charge is 0.465 e. The number of ether oxygens (including phenoxy) is 1. The van der Waals surface area contributed by atoms with Gasteiger partial charge in [-0.15, -0.1) is 23.1 Å². The normalized spacial score (nSPS) is 11.6. The van der Waals surface area contributed by atoms with Gasteiger partial charge in [-0.25, -0.2) is 4.79 Å². The number of thiophene rings is 1. The summed E-state index contributed by atoms with van der Waals surface area (Å²) < 4.78 is 4.99. The van der Waals surface area contributed by atoms with Gasteiger partial charge in [0.25, 0.3) is 17.7 Å². The lowest BCUT2D eigenvalue weighted by atomic mass is 10.1. The van der Waals surface area contributed by atoms with Crippen molar-refractivity contribution in [2.45, 2.75) is 30.4 Å². The molecule has 4 amide bonds. The van der Waals surface area contributed by atoms with Crippen LogP contribution in [0.2, 0.25) is 0 Å². The van der Waals surface area contributed by atoms with Crippen LogP contribution in [-0.4, -0.2) is 42.0 Å². The number of hydrogen-bond donors (Lipinski definition) is 4. The summed E-state index contributed by atoms with van der Waals surface area (Å²) in [5.74, 6) is -2.43. The van der Waals surface area contributed by atoms with E-state index in [-0.39, 0.29) is 27.0 Å². The van der Waals surface area contributed by atoms with E-state index >= 15 is 0 Å². The van der Waals surface area contributed by atoms with Gasteiger partial charge in [-0.05, 0) is 73.0 Å². The number of thioether (sulfide) groups is 1. The Labute approximate surface area is 309 Å². The summed E-state index contributed by atoms with van der Waals surface area (Å²) in [4.78, 5) is 67.1. The van der Waals surface area contributed by atoms with Gasteiger partial charge in [0.15, 0.2) is 0 Å². The Morgan fingerprint density at radius 1 is 0.769 bits per heavy atom. The van der Waals surface area contributed by atoms with Crippen molar-refractivity contribution >= 4 is 75.1 Å². The number of hydrogen-bond acceptors (Lipinski definition) is 8. The maximum absolute atomic E-state index is 13.6. The van der Waals surface area contributed by atoms with Crippen LogP contribution in [0.15, 0.2) is 126 Å². The first-order chi connectivity index (χ1) is 25.2. The fourth-order valence-corrected chi connectivity index (χ4v) is 7.16. The second-order valence-electron chi connectivity index (χ2n) is 11.3. The monoisotopic (exact) mass is 732 g/mol. The van der Waals surface area contributed by atoms with Gasteiger partial charge in [-0.1, -0.05) is 79.7 Å². The number of methoxy groups -OCH3 is 1. The van der Waals surface area contributed by atoms with Gasteiger partial charge in [0.05, 0.1) is 22.8 Å². The van der Waals surface area contributed by atoms with Crippen molar-refractivity contribution in [3.63, 3.8) is 0 Å². The zero-order valence-corrected chi connectivity index (χ0v) is 30.2. The lowest BCUT2D eigenvalue weighted by molar-refractivity contribution is -0.116. The van der Waals surface area contributed by atoms with E-state index in [0.29, 0.717) is 33.8 Å². The summed E-state index contributed by atoms with van der Waals surface area (Å²) in [6.45, 7) is 3.50. The number of benzene rings is 4. The van der Waals surface area contributed by atoms with Gasteiger partial charge in [0.2, 0.25) is 5.91 Å². The second kappa shape index (κ2) is 17.8. The molecule has 1 aromatic heterocycles. The summed E-state index contributed by atoms with van der Waals surface area (Å²) in [6.07, 6.45) is 2.03. The molecule has 0 fully saturated rings. The molecule has 5 rings (SSSR count). The maximum Gasteiger partial charge on any atom is 0.341 e. The first-order valence-electron chi connectivity index (χ1n) is 16.3. The maximum atomic E-state index is 13.6. The average Bonchev–Trinajstić information content (AvgIpc) is 3.49. The summed E-state index contributed by atoms with van der Waals surface area (Å²) in [5.41, 5.74) is 2.73. The van der Waals surface area contributed by atoms with E-state index in [2.05, 4.69) is 21.3 Å². The van der Waals surface area contributed by atoms with Crippen molar-refractivity contribution in [2.24, 2.45) is 0 Å². The molecule has 0 saturated carbocycles. The van der Waals surface area contributed by atoms with Crippen molar-refractivity contribution in [3.8, 4) is 0 Å². The number of para-hydroxylation sites is 1. The molecule has 1 unspecified atom stereocenters. The number of carbonyl (C=O) groups is 5. The first kappa shape index (κ1) is 37.3. The summed E-state index contributed by atoms with van der Waals surface area (Å²) in [5, 5.41) is 10.9. The summed E-state index contributed by atoms with van der Waals surface area (Å²) in [6, 6.07) is 33.7. The van der Waals surface area contributed by atoms with Crippen LogP contribution < -0.4 is 21.3 Å². The topological polar surface area (TPSA) is 143 Å². The third kappa shape index (κ3) is 9.62. The van der Waals surface area contributed by atoms with Gasteiger partial charge in [0, 0.05) is 21.8 Å². The molecule has 12 heteroatoms. The summed E-state index contributed by atoms with van der Waals surface area (Å²) in [7, 11) is 1.24. The van der Waals surface area contributed by atoms with Crippen LogP contribution in [0.5, 0.6) is 0 Å². The Balaban J connectivity index is 1.31. The van der Waals surface area contributed by atoms with Crippen LogP contribution in [0.3, 0.4) is 0 Å². The Morgan fingerprint density at radius 2 is 1.40 bits per heavy atom. The molecule has 0 radical (unpaired) electrons. The van der Waals surface area contributed by atoms with E-state index in [1.165, 1.54) is 18.9 Å². The summed E-state index contributed by atoms with van der Waals surface area (Å²) >= 11 is 2.27. The first-order valence-corrected chi connectivity index (χ1v) is 18.0. The Hall–Kier alpha value is -5.98. The molecule has 5 aromatic rings. The minimum absolute atomic E-state index is 0.0494. The molecule has 0 aliphatic carbocycles. The number of amides is 4. The molecule has 0 saturated heterocycles. The Bertz CT molecular complexity index is 2100. The van der Waals surface area contributed by atoms with E-state index < -0.39 is 28.9 Å². The standard InChI is InChI=1S/C40H36N4O6S2/c1-4-32(37(47)44-39-33(40(49)50-3)25(2)34(52-39)38(48)41-28-19-12-7-13-20-28)51-30-22-14-21-29(24-30)42-36(46)31(23-26-15-8-5-9-16-26)43-35(45)27-17-10-6-11-18-27/h5-24,32H,4H2,1-3H3,(H,41,48)(H,42,46)(H,43,45)(H,44,47)/b31-23-. The van der Waals surface area contributed by atoms with E-state index in [0.717, 1.165) is 16.9 Å². The third-order valence-electron chi connectivity index (χ3n) is 7.68. The second-order valence-corrected chi connectivity index (χ2v) is 13.6. The smallest absolute Gasteiger partial charge is 0.341 e. The molecule has 264 valence electrons. The van der Waals surface area contributed by atoms with Crippen LogP contribution in [0.1, 0.15) is 54.9 Å². The van der Waals surface area contributed by atoms with Crippen LogP contribution in [0.25, 0.3) is 6.08 Å². The average molecular weight is 733 g/mol. The molecule has 4 N–H and O–H groups in total. The molecule has 0 spiro atoms. The molecule has 10 nitrogen and oxygen atoms in total. The van der Waals surface area contributed by atoms with Crippen molar-refractivity contribution < 1.29 is 28.7 Å². The van der Waals surface area contributed by atoms with Crippen molar-refractivity contribution in [1.29, 1.82) is 0 Å². The Morgan fingerprint density at radius 3 is 2.06 bits per heavy atom. The quantitative estimate of drug-likeness (QED) is 0.0546. The van der Waals surface area contributed by atoms with Crippen LogP contribution in [-0.2, 0) is 14.3 Å². The van der Waals surface area contributed by atoms with E-state index in [9.17, 15) is 24.0 Å². The predicted molar refractivity (Wildman–Crippen MR) is 207 cm³/mol. The Kier molecular flexibility index (Phi) is 12.8. The minimum Gasteiger partial charge on any atom is -0.465 e. The molecular weight excluding hydrogens is 697 g/mol. The van der Waals surface area contributed by atoms with Crippen LogP contribution in [0.4, 0.5) is 16.4 Å². The zero-order valence-electron chi connectivity index (χ0n) is 28.6. The van der Waals surface area contributed by atoms with Crippen molar-refractivity contribution in [1.82, 2.24) is 5.32 Å². The highest BCUT2D eigenvalue weighted by atomic mass is 32.2. The molecule has 1 atom stereocenters. The number of anilines is 3. The van der Waals surface area contributed by atoms with Gasteiger partial charge in [-0.2, -0.15) is 0 Å². The fraction of sp³-hybridized carbons (Fsp3) is 0.125. The highest BCUT2D eigenvalue weighted by Gasteiger charge is 2.28. The molecule has 0 aliphatic heterocycles. The van der Waals surface area contributed by atoms with Gasteiger partial charge in [-0.3, -0.25) is 19.2 Å². The highest BCUT2D eigenvalue weighted by Crippen LogP contribution is 2.36. The number of nitrogens with one attached hydrogen (secondary N) is 4. The molecule has 0 bridgehead atoms. The molecule has 52 heavy (non-hydrogen) atoms. The van der Waals surface area contributed by atoms with Crippen molar-refractivity contribution in [2.75, 3.05) is 23.1 Å². The number of esters is 1. The number of rotatable bonds is 13. The number of carbonyl (C=O) groups excluding carboxylic acids is 5. The predicted octanol–water partition coefficient (Wildman–Crippen LogP) is 8.01. The van der Waals surface area contributed by atoms with E-state index in [1.807, 2.05) is 49.4 Å². The molecule has 0 aliphatic rings. The van der Waals surface area contributed by atoms with Gasteiger partial charge >= 0.3 is 5.97 Å². The van der Waals surface area contributed by atoms with Crippen LogP contribution in [0, 0.1) is 6.92 Å². The molecular formula is C40H36N4O6S2. The third-order valence-corrected chi connectivity index (χ3v) is 10.2. The highest BCUT2D eigenvalue weighted by molar-refractivity contribution is 8.00. The van der Waals surface area contributed by atoms with E-state index in [4.69, 9.17) is 4.74 Å². The SMILES string of the molecule is CCC(Sc1cccc(NC(=O)/C(=C/c2ccccc2)NC(=O)c2ccccc2)c1)C(=O)Nc1sc(C(=O)Nc2ccccc2)c(C)c1C(=O)OC. The molecule has 4 aromatic carbocycles. The zero-order chi connectivity index (χ0) is 37.0. The lowest BCUT2D eigenvalue weighted by Gasteiger charge is -2.16. The van der Waals surface area contributed by atoms with Crippen molar-refractivity contribution in [3.05, 3.63) is 148 Å². The lowest BCUT2D eigenvalue weighted by Crippen LogP contribution is -2.30. The minimum atomic E-state index is -0.674. The van der Waals surface area contributed by atoms with Gasteiger partial charge < -0.3 is 26.0 Å². The van der Waals surface area contributed by atoms with E-state index in [1.54, 1.807) is 85.8 Å².